The maximum atomic E-state index is 13.7. The Bertz CT molecular complexity index is 2210. The summed E-state index contributed by atoms with van der Waals surface area (Å²) in [5.41, 5.74) is 8.32. The number of benzene rings is 3. The number of nitrogens with one attached hydrogen (secondary N) is 1. The van der Waals surface area contributed by atoms with Crippen molar-refractivity contribution in [1.82, 2.24) is 29.5 Å². The van der Waals surface area contributed by atoms with Gasteiger partial charge in [-0.25, -0.2) is 9.48 Å². The van der Waals surface area contributed by atoms with Crippen LogP contribution in [0.15, 0.2) is 72.9 Å². The fourth-order valence-electron chi connectivity index (χ4n) is 6.20. The molecule has 1 fully saturated rings. The van der Waals surface area contributed by atoms with Crippen LogP contribution >= 0.6 is 11.6 Å². The van der Waals surface area contributed by atoms with Gasteiger partial charge in [0.25, 0.3) is 11.8 Å². The number of ether oxygens (including phenoxy) is 2. The van der Waals surface area contributed by atoms with E-state index in [1.165, 1.54) is 15.8 Å². The van der Waals surface area contributed by atoms with E-state index in [9.17, 15) is 19.2 Å². The first-order chi connectivity index (χ1) is 25.1. The third-order valence-corrected chi connectivity index (χ3v) is 9.35. The van der Waals surface area contributed by atoms with E-state index in [-0.39, 0.29) is 51.8 Å². The topological polar surface area (TPSA) is 156 Å². The molecule has 3 aromatic carbocycles. The second-order valence-corrected chi connectivity index (χ2v) is 14.6. The predicted octanol–water partition coefficient (Wildman–Crippen LogP) is 6.79. The number of likely N-dealkylation sites (tertiary alicyclic amines) is 1. The number of fused-ring (bicyclic) bond motifs is 1. The smallest absolute Gasteiger partial charge is 0.410 e. The maximum Gasteiger partial charge on any atom is 0.410 e. The highest BCUT2D eigenvalue weighted by atomic mass is 35.5. The van der Waals surface area contributed by atoms with Gasteiger partial charge in [-0.1, -0.05) is 23.7 Å². The second-order valence-electron chi connectivity index (χ2n) is 14.2. The van der Waals surface area contributed by atoms with Gasteiger partial charge in [-0.2, -0.15) is 5.10 Å². The van der Waals surface area contributed by atoms with Crippen LogP contribution < -0.4 is 10.5 Å². The molecule has 13 nitrogen and oxygen atoms in total. The molecule has 0 bridgehead atoms. The lowest BCUT2D eigenvalue weighted by atomic mass is 10.0. The molecule has 1 saturated heterocycles. The molecule has 53 heavy (non-hydrogen) atoms. The van der Waals surface area contributed by atoms with Gasteiger partial charge in [-0.15, -0.1) is 0 Å². The van der Waals surface area contributed by atoms with Gasteiger partial charge in [-0.05, 0) is 82.1 Å². The summed E-state index contributed by atoms with van der Waals surface area (Å²) in [6.07, 6.45) is 2.28. The lowest BCUT2D eigenvalue weighted by molar-refractivity contribution is 0.0155. The number of halogens is 1. The largest absolute Gasteiger partial charge is 0.456 e. The van der Waals surface area contributed by atoms with Crippen molar-refractivity contribution in [2.75, 3.05) is 40.0 Å². The number of H-pyrrole nitrogens is 1. The van der Waals surface area contributed by atoms with Gasteiger partial charge in [0, 0.05) is 62.8 Å². The van der Waals surface area contributed by atoms with Crippen LogP contribution in [0.2, 0.25) is 5.02 Å². The van der Waals surface area contributed by atoms with Gasteiger partial charge in [0.15, 0.2) is 0 Å². The van der Waals surface area contributed by atoms with Gasteiger partial charge >= 0.3 is 6.09 Å². The Kier molecular flexibility index (Phi) is 10.2. The molecule has 5 aromatic rings. The number of anilines is 1. The molecular weight excluding hydrogens is 698 g/mol. The fraction of sp³-hybridized carbons (Fsp3) is 0.308. The zero-order valence-corrected chi connectivity index (χ0v) is 31.2. The minimum absolute atomic E-state index is 0.0231. The third kappa shape index (κ3) is 7.85. The number of piperidine rings is 1. The number of nitrogen functional groups attached to an aromatic ring is 1. The number of rotatable bonds is 8. The van der Waals surface area contributed by atoms with Gasteiger partial charge in [0.2, 0.25) is 5.78 Å². The summed E-state index contributed by atoms with van der Waals surface area (Å²) < 4.78 is 12.9. The number of aromatic amines is 1. The Morgan fingerprint density at radius 1 is 0.943 bits per heavy atom. The lowest BCUT2D eigenvalue weighted by Crippen LogP contribution is -2.48. The van der Waals surface area contributed by atoms with Crippen LogP contribution in [0.1, 0.15) is 70.4 Å². The summed E-state index contributed by atoms with van der Waals surface area (Å²) in [6, 6.07) is 18.7. The summed E-state index contributed by atoms with van der Waals surface area (Å²) in [4.78, 5) is 60.3. The average Bonchev–Trinajstić information content (AvgIpc) is 3.73. The standard InChI is InChI=1S/C39H42ClN7O6/c1-39(2,3)53-38(51)45(6)25-15-17-46(18-16-25)36(49)23-11-13-30-24(19-23)20-31(43-30)34(48)28-22-42-47(35(28)41)32-14-12-26(21-29(32)40)52-33-10-8-7-9-27(33)37(50)44(4)5/h7-14,19-22,25,43H,15-18,41H2,1-6H3. The molecule has 0 atom stereocenters. The first-order valence-corrected chi connectivity index (χ1v) is 17.5. The number of aromatic nitrogens is 3. The molecule has 1 aliphatic rings. The molecule has 3 heterocycles. The molecule has 2 aromatic heterocycles. The van der Waals surface area contributed by atoms with Crippen molar-refractivity contribution in [3.63, 3.8) is 0 Å². The number of nitrogens with two attached hydrogens (primary N) is 1. The van der Waals surface area contributed by atoms with E-state index in [1.807, 2.05) is 20.8 Å². The molecule has 0 unspecified atom stereocenters. The Morgan fingerprint density at radius 2 is 1.66 bits per heavy atom. The normalized spacial score (nSPS) is 13.5. The molecule has 3 amide bonds. The summed E-state index contributed by atoms with van der Waals surface area (Å²) in [7, 11) is 5.06. The average molecular weight is 740 g/mol. The number of amides is 3. The molecule has 0 aliphatic carbocycles. The highest BCUT2D eigenvalue weighted by Crippen LogP contribution is 2.33. The summed E-state index contributed by atoms with van der Waals surface area (Å²) in [6.45, 7) is 6.50. The van der Waals surface area contributed by atoms with E-state index < -0.39 is 5.60 Å². The molecule has 3 N–H and O–H groups in total. The molecular formula is C39H42ClN7O6. The van der Waals surface area contributed by atoms with Gasteiger partial charge in [0.1, 0.15) is 22.9 Å². The lowest BCUT2D eigenvalue weighted by Gasteiger charge is -2.37. The number of ketones is 1. The van der Waals surface area contributed by atoms with Gasteiger partial charge < -0.3 is 34.9 Å². The molecule has 0 spiro atoms. The van der Waals surface area contributed by atoms with Crippen LogP contribution in [-0.4, -0.2) is 99.0 Å². The summed E-state index contributed by atoms with van der Waals surface area (Å²) in [5.74, 6) is 0.151. The molecule has 6 rings (SSSR count). The van der Waals surface area contributed by atoms with Crippen molar-refractivity contribution in [3.8, 4) is 17.2 Å². The highest BCUT2D eigenvalue weighted by Gasteiger charge is 2.31. The Labute approximate surface area is 312 Å². The molecule has 14 heteroatoms. The van der Waals surface area contributed by atoms with E-state index in [1.54, 1.807) is 97.7 Å². The SMILES string of the molecule is CN(C)C(=O)c1ccccc1Oc1ccc(-n2ncc(C(=O)c3cc4cc(C(=O)N5CCC(N(C)C(=O)OC(C)(C)C)CC5)ccc4[nH]3)c2N)c(Cl)c1. The van der Waals surface area contributed by atoms with Crippen LogP contribution in [0.3, 0.4) is 0 Å². The minimum atomic E-state index is -0.582. The van der Waals surface area contributed by atoms with Crippen molar-refractivity contribution in [2.45, 2.75) is 45.3 Å². The number of carbonyl (C=O) groups is 4. The maximum absolute atomic E-state index is 13.7. The van der Waals surface area contributed by atoms with Crippen molar-refractivity contribution >= 4 is 52.0 Å². The van der Waals surface area contributed by atoms with Crippen molar-refractivity contribution < 1.29 is 28.7 Å². The quantitative estimate of drug-likeness (QED) is 0.165. The minimum Gasteiger partial charge on any atom is -0.456 e. The van der Waals surface area contributed by atoms with E-state index in [2.05, 4.69) is 10.1 Å². The Balaban J connectivity index is 1.14. The van der Waals surface area contributed by atoms with Crippen molar-refractivity contribution in [3.05, 3.63) is 100 Å². The van der Waals surface area contributed by atoms with E-state index in [0.717, 1.165) is 0 Å². The molecule has 276 valence electrons. The third-order valence-electron chi connectivity index (χ3n) is 9.04. The van der Waals surface area contributed by atoms with E-state index in [0.29, 0.717) is 65.1 Å². The van der Waals surface area contributed by atoms with Crippen molar-refractivity contribution in [2.24, 2.45) is 0 Å². The Hall–Kier alpha value is -5.82. The van der Waals surface area contributed by atoms with E-state index in [4.69, 9.17) is 26.8 Å². The second kappa shape index (κ2) is 14.7. The van der Waals surface area contributed by atoms with Gasteiger partial charge in [-0.3, -0.25) is 14.4 Å². The van der Waals surface area contributed by atoms with Crippen LogP contribution in [0.5, 0.6) is 11.5 Å². The molecule has 0 radical (unpaired) electrons. The van der Waals surface area contributed by atoms with Crippen LogP contribution in [0, 0.1) is 0 Å². The van der Waals surface area contributed by atoms with Gasteiger partial charge in [0.05, 0.1) is 33.7 Å². The molecule has 0 saturated carbocycles. The highest BCUT2D eigenvalue weighted by molar-refractivity contribution is 6.32. The Morgan fingerprint density at radius 3 is 2.34 bits per heavy atom. The number of hydrogen-bond donors (Lipinski definition) is 2. The monoisotopic (exact) mass is 739 g/mol. The van der Waals surface area contributed by atoms with Crippen LogP contribution in [0.25, 0.3) is 16.6 Å². The van der Waals surface area contributed by atoms with Crippen molar-refractivity contribution in [1.29, 1.82) is 0 Å². The predicted molar refractivity (Wildman–Crippen MR) is 202 cm³/mol. The number of nitrogens with zero attached hydrogens (tertiary/aromatic N) is 5. The zero-order chi connectivity index (χ0) is 38.2. The number of para-hydroxylation sites is 1. The first kappa shape index (κ1) is 37.0. The number of hydrogen-bond acceptors (Lipinski definition) is 8. The number of carbonyl (C=O) groups excluding carboxylic acids is 4. The van der Waals surface area contributed by atoms with Crippen LogP contribution in [0.4, 0.5) is 10.6 Å². The zero-order valence-electron chi connectivity index (χ0n) is 30.5. The summed E-state index contributed by atoms with van der Waals surface area (Å²) in [5, 5.41) is 5.30. The van der Waals surface area contributed by atoms with E-state index >= 15 is 0 Å². The fourth-order valence-corrected chi connectivity index (χ4v) is 6.45. The summed E-state index contributed by atoms with van der Waals surface area (Å²) >= 11 is 6.65. The first-order valence-electron chi connectivity index (χ1n) is 17.2. The molecule has 1 aliphatic heterocycles. The van der Waals surface area contributed by atoms with Crippen LogP contribution in [-0.2, 0) is 4.74 Å².